The van der Waals surface area contributed by atoms with Crippen LogP contribution in [0.3, 0.4) is 0 Å². The van der Waals surface area contributed by atoms with Crippen LogP contribution >= 0.6 is 35.6 Å². The van der Waals surface area contributed by atoms with Gasteiger partial charge in [-0.15, -0.1) is 0 Å². The molecule has 4 rings (SSSR count). The number of carbonyl (C=O) groups is 1. The molecule has 8 heteroatoms. The number of nitrogens with one attached hydrogen (secondary N) is 1. The van der Waals surface area contributed by atoms with Crippen LogP contribution in [0.1, 0.15) is 18.0 Å². The minimum absolute atomic E-state index is 0.0776. The number of pyridine rings is 1. The van der Waals surface area contributed by atoms with Crippen molar-refractivity contribution in [1.82, 2.24) is 9.47 Å². The number of halogens is 1. The highest BCUT2D eigenvalue weighted by Crippen LogP contribution is 2.36. The Balaban J connectivity index is 1.36. The highest BCUT2D eigenvalue weighted by atomic mass is 35.5. The monoisotopic (exact) mass is 433 g/mol. The van der Waals surface area contributed by atoms with Crippen molar-refractivity contribution in [1.29, 1.82) is 0 Å². The lowest BCUT2D eigenvalue weighted by Gasteiger charge is -2.43. The number of amides is 1. The summed E-state index contributed by atoms with van der Waals surface area (Å²) in [5, 5.41) is 3.33. The van der Waals surface area contributed by atoms with Crippen molar-refractivity contribution in [3.05, 3.63) is 63.5 Å². The van der Waals surface area contributed by atoms with Crippen LogP contribution in [0, 0.1) is 5.92 Å². The molecule has 28 heavy (non-hydrogen) atoms. The van der Waals surface area contributed by atoms with Crippen LogP contribution in [0.4, 0.5) is 5.69 Å². The number of hydrogen-bond donors (Lipinski definition) is 1. The van der Waals surface area contributed by atoms with E-state index in [0.717, 1.165) is 36.1 Å². The summed E-state index contributed by atoms with van der Waals surface area (Å²) in [5.74, 6) is 0.819. The first kappa shape index (κ1) is 19.5. The summed E-state index contributed by atoms with van der Waals surface area (Å²) in [4.78, 5) is 26.6. The van der Waals surface area contributed by atoms with E-state index >= 15 is 0 Å². The minimum Gasteiger partial charge on any atom is -0.356 e. The average molecular weight is 434 g/mol. The zero-order valence-corrected chi connectivity index (χ0v) is 17.5. The van der Waals surface area contributed by atoms with Crippen molar-refractivity contribution in [2.75, 3.05) is 24.2 Å². The van der Waals surface area contributed by atoms with Gasteiger partial charge in [-0.1, -0.05) is 53.8 Å². The lowest BCUT2D eigenvalue weighted by atomic mass is 9.83. The lowest BCUT2D eigenvalue weighted by molar-refractivity contribution is -0.113. The predicted molar refractivity (Wildman–Crippen MR) is 118 cm³/mol. The number of carbonyl (C=O) groups excluding carboxylic acids is 1. The molecule has 3 heterocycles. The maximum atomic E-state index is 12.2. The van der Waals surface area contributed by atoms with Crippen LogP contribution in [-0.2, 0) is 11.3 Å². The van der Waals surface area contributed by atoms with Gasteiger partial charge < -0.3 is 14.8 Å². The van der Waals surface area contributed by atoms with Crippen LogP contribution in [0.2, 0.25) is 5.02 Å². The molecule has 1 amide bonds. The third kappa shape index (κ3) is 4.11. The molecule has 0 radical (unpaired) electrons. The molecule has 1 aromatic heterocycles. The second kappa shape index (κ2) is 8.27. The van der Waals surface area contributed by atoms with Gasteiger partial charge in [0.1, 0.15) is 4.32 Å². The van der Waals surface area contributed by atoms with Crippen molar-refractivity contribution in [3.63, 3.8) is 0 Å². The SMILES string of the molecule is O=C(CSC(=S)N1CC2CC(C1)c1cccc(=O)n1C2)Nc1ccccc1Cl. The van der Waals surface area contributed by atoms with Gasteiger partial charge in [0.2, 0.25) is 5.91 Å². The van der Waals surface area contributed by atoms with Gasteiger partial charge in [0.05, 0.1) is 16.5 Å². The van der Waals surface area contributed by atoms with Crippen LogP contribution in [0.25, 0.3) is 0 Å². The van der Waals surface area contributed by atoms with Gasteiger partial charge in [-0.3, -0.25) is 9.59 Å². The summed E-state index contributed by atoms with van der Waals surface area (Å²) in [6.07, 6.45) is 1.08. The van der Waals surface area contributed by atoms with E-state index in [4.69, 9.17) is 23.8 Å². The van der Waals surface area contributed by atoms with Crippen LogP contribution < -0.4 is 10.9 Å². The number of anilines is 1. The van der Waals surface area contributed by atoms with Crippen molar-refractivity contribution < 1.29 is 4.79 Å². The van der Waals surface area contributed by atoms with Gasteiger partial charge in [0, 0.05) is 37.3 Å². The molecule has 2 aliphatic heterocycles. The maximum Gasteiger partial charge on any atom is 0.250 e. The quantitative estimate of drug-likeness (QED) is 0.750. The largest absolute Gasteiger partial charge is 0.356 e. The molecule has 1 N–H and O–H groups in total. The van der Waals surface area contributed by atoms with Gasteiger partial charge in [0.15, 0.2) is 0 Å². The number of para-hydroxylation sites is 1. The van der Waals surface area contributed by atoms with Gasteiger partial charge in [-0.25, -0.2) is 0 Å². The molecular weight excluding hydrogens is 414 g/mol. The van der Waals surface area contributed by atoms with E-state index in [-0.39, 0.29) is 17.2 Å². The smallest absolute Gasteiger partial charge is 0.250 e. The first-order valence-corrected chi connectivity index (χ1v) is 10.9. The molecule has 5 nitrogen and oxygen atoms in total. The molecular formula is C20H20ClN3O2S2. The van der Waals surface area contributed by atoms with Crippen LogP contribution in [0.15, 0.2) is 47.3 Å². The number of nitrogens with zero attached hydrogens (tertiary/aromatic N) is 2. The lowest BCUT2D eigenvalue weighted by Crippen LogP contribution is -2.48. The molecule has 2 atom stereocenters. The Kier molecular flexibility index (Phi) is 5.75. The molecule has 2 unspecified atom stereocenters. The number of fused-ring (bicyclic) bond motifs is 4. The Morgan fingerprint density at radius 3 is 2.82 bits per heavy atom. The Hall–Kier alpha value is -1.83. The van der Waals surface area contributed by atoms with E-state index in [2.05, 4.69) is 10.2 Å². The fraction of sp³-hybridized carbons (Fsp3) is 0.350. The third-order valence-corrected chi connectivity index (χ3v) is 7.07. The maximum absolute atomic E-state index is 12.2. The fourth-order valence-corrected chi connectivity index (χ4v) is 5.18. The van der Waals surface area contributed by atoms with Gasteiger partial charge in [-0.05, 0) is 30.5 Å². The summed E-state index contributed by atoms with van der Waals surface area (Å²) in [6, 6.07) is 12.7. The molecule has 146 valence electrons. The second-order valence-corrected chi connectivity index (χ2v) is 9.20. The molecule has 0 saturated carbocycles. The molecule has 0 aliphatic carbocycles. The molecule has 1 saturated heterocycles. The van der Waals surface area contributed by atoms with Crippen LogP contribution in [-0.4, -0.2) is 38.5 Å². The first-order chi connectivity index (χ1) is 13.5. The van der Waals surface area contributed by atoms with E-state index in [9.17, 15) is 9.59 Å². The third-order valence-electron chi connectivity index (χ3n) is 5.21. The van der Waals surface area contributed by atoms with Crippen molar-refractivity contribution >= 4 is 51.5 Å². The highest BCUT2D eigenvalue weighted by Gasteiger charge is 2.35. The standard InChI is InChI=1S/C20H20ClN3O2S2/c21-15-4-1-2-5-16(15)22-18(25)12-28-20(27)23-9-13-8-14(11-23)17-6-3-7-19(26)24(17)10-13/h1-7,13-14H,8-12H2,(H,22,25). The van der Waals surface area contributed by atoms with Crippen LogP contribution in [0.5, 0.6) is 0 Å². The number of aromatic nitrogens is 1. The number of hydrogen-bond acceptors (Lipinski definition) is 4. The predicted octanol–water partition coefficient (Wildman–Crippen LogP) is 3.58. The number of benzene rings is 1. The minimum atomic E-state index is -0.130. The molecule has 0 spiro atoms. The highest BCUT2D eigenvalue weighted by molar-refractivity contribution is 8.23. The van der Waals surface area contributed by atoms with Crippen molar-refractivity contribution in [2.45, 2.75) is 18.9 Å². The Bertz CT molecular complexity index is 978. The summed E-state index contributed by atoms with van der Waals surface area (Å²) in [7, 11) is 0. The topological polar surface area (TPSA) is 54.3 Å². The summed E-state index contributed by atoms with van der Waals surface area (Å²) in [6.45, 7) is 2.36. The number of piperidine rings is 1. The molecule has 2 aromatic rings. The second-order valence-electron chi connectivity index (χ2n) is 7.19. The number of thioether (sulfide) groups is 1. The average Bonchev–Trinajstić information content (AvgIpc) is 2.68. The normalized spacial score (nSPS) is 20.4. The molecule has 1 fully saturated rings. The summed E-state index contributed by atoms with van der Waals surface area (Å²) in [5.41, 5.74) is 1.78. The number of likely N-dealkylation sites (tertiary alicyclic amines) is 1. The number of thiocarbonyl (C=S) groups is 1. The zero-order valence-electron chi connectivity index (χ0n) is 15.1. The van der Waals surface area contributed by atoms with Gasteiger partial charge >= 0.3 is 0 Å². The summed E-state index contributed by atoms with van der Waals surface area (Å²) >= 11 is 13.1. The molecule has 2 bridgehead atoms. The van der Waals surface area contributed by atoms with Gasteiger partial charge in [-0.2, -0.15) is 0 Å². The van der Waals surface area contributed by atoms with Gasteiger partial charge in [0.25, 0.3) is 5.56 Å². The Morgan fingerprint density at radius 2 is 2.00 bits per heavy atom. The van der Waals surface area contributed by atoms with E-state index < -0.39 is 0 Å². The summed E-state index contributed by atoms with van der Waals surface area (Å²) < 4.78 is 2.64. The van der Waals surface area contributed by atoms with Crippen molar-refractivity contribution in [2.24, 2.45) is 5.92 Å². The van der Waals surface area contributed by atoms with Crippen molar-refractivity contribution in [3.8, 4) is 0 Å². The fourth-order valence-electron chi connectivity index (χ4n) is 4.01. The van der Waals surface area contributed by atoms with E-state index in [1.165, 1.54) is 11.8 Å². The van der Waals surface area contributed by atoms with E-state index in [1.54, 1.807) is 18.2 Å². The molecule has 2 aliphatic rings. The van der Waals surface area contributed by atoms with E-state index in [0.29, 0.717) is 22.5 Å². The first-order valence-electron chi connectivity index (χ1n) is 9.17. The Labute approximate surface area is 178 Å². The molecule has 1 aromatic carbocycles. The zero-order chi connectivity index (χ0) is 19.7. The Morgan fingerprint density at radius 1 is 1.18 bits per heavy atom. The van der Waals surface area contributed by atoms with E-state index in [1.807, 2.05) is 28.8 Å². The number of rotatable bonds is 3.